The topological polar surface area (TPSA) is 49.8 Å². The Morgan fingerprint density at radius 3 is 2.50 bits per heavy atom. The Labute approximate surface area is 129 Å². The number of para-hydroxylation sites is 2. The zero-order valence-electron chi connectivity index (χ0n) is 12.6. The number of oxazole rings is 1. The van der Waals surface area contributed by atoms with Gasteiger partial charge in [-0.25, -0.2) is 4.98 Å². The molecule has 0 N–H and O–H groups in total. The van der Waals surface area contributed by atoms with Gasteiger partial charge >= 0.3 is 0 Å². The van der Waals surface area contributed by atoms with Gasteiger partial charge in [-0.1, -0.05) is 50.2 Å². The lowest BCUT2D eigenvalue weighted by atomic mass is 10.0. The van der Waals surface area contributed by atoms with Gasteiger partial charge in [0.25, 0.3) is 0 Å². The number of hydrogen-bond donors (Lipinski definition) is 0. The summed E-state index contributed by atoms with van der Waals surface area (Å²) < 4.78 is 5.65. The highest BCUT2D eigenvalue weighted by Crippen LogP contribution is 2.23. The first-order valence-corrected chi connectivity index (χ1v) is 7.25. The monoisotopic (exact) mass is 288 g/mol. The molecule has 0 radical (unpaired) electrons. The molecule has 1 heterocycles. The highest BCUT2D eigenvalue weighted by atomic mass is 16.3. The van der Waals surface area contributed by atoms with E-state index < -0.39 is 0 Å². The molecule has 0 amide bonds. The summed E-state index contributed by atoms with van der Waals surface area (Å²) in [4.78, 5) is 4.37. The van der Waals surface area contributed by atoms with Gasteiger partial charge in [0.05, 0.1) is 0 Å². The van der Waals surface area contributed by atoms with Gasteiger partial charge in [0.2, 0.25) is 5.89 Å². The molecule has 0 bridgehead atoms. The van der Waals surface area contributed by atoms with Crippen LogP contribution in [0.5, 0.6) is 0 Å². The zero-order valence-corrected chi connectivity index (χ0v) is 12.6. The summed E-state index contributed by atoms with van der Waals surface area (Å²) >= 11 is 0. The first kappa shape index (κ1) is 14.1. The number of hydrogen-bond acceptors (Lipinski definition) is 3. The molecule has 0 aliphatic carbocycles. The van der Waals surface area contributed by atoms with Gasteiger partial charge in [-0.05, 0) is 35.3 Å². The van der Waals surface area contributed by atoms with E-state index in [0.29, 0.717) is 23.0 Å². The molecular weight excluding hydrogens is 272 g/mol. The van der Waals surface area contributed by atoms with Crippen LogP contribution in [0, 0.1) is 11.3 Å². The Morgan fingerprint density at radius 2 is 1.86 bits per heavy atom. The summed E-state index contributed by atoms with van der Waals surface area (Å²) in [7, 11) is 0. The number of fused-ring (bicyclic) bond motifs is 1. The van der Waals surface area contributed by atoms with Crippen LogP contribution in [0.4, 0.5) is 0 Å². The van der Waals surface area contributed by atoms with Crippen LogP contribution in [-0.2, 0) is 0 Å². The average Bonchev–Trinajstić information content (AvgIpc) is 2.96. The third-order valence-corrected chi connectivity index (χ3v) is 3.56. The zero-order chi connectivity index (χ0) is 15.5. The normalized spacial score (nSPS) is 11.8. The van der Waals surface area contributed by atoms with Gasteiger partial charge in [-0.3, -0.25) is 0 Å². The molecule has 0 atom stereocenters. The smallest absolute Gasteiger partial charge is 0.238 e. The fourth-order valence-electron chi connectivity index (χ4n) is 2.27. The molecular formula is C19H16N2O. The molecule has 3 nitrogen and oxygen atoms in total. The van der Waals surface area contributed by atoms with Crippen LogP contribution in [0.1, 0.15) is 36.8 Å². The molecule has 0 fully saturated rings. The van der Waals surface area contributed by atoms with E-state index in [2.05, 4.69) is 37.0 Å². The Hall–Kier alpha value is -2.86. The van der Waals surface area contributed by atoms with Gasteiger partial charge < -0.3 is 4.42 Å². The number of rotatable bonds is 3. The van der Waals surface area contributed by atoms with Crippen LogP contribution in [0.3, 0.4) is 0 Å². The minimum atomic E-state index is 0.358. The molecule has 0 unspecified atom stereocenters. The summed E-state index contributed by atoms with van der Waals surface area (Å²) in [5.74, 6) is 0.849. The molecule has 0 saturated heterocycles. The van der Waals surface area contributed by atoms with Crippen LogP contribution in [-0.4, -0.2) is 4.98 Å². The van der Waals surface area contributed by atoms with Crippen molar-refractivity contribution in [1.29, 1.82) is 5.26 Å². The molecule has 0 aliphatic heterocycles. The second kappa shape index (κ2) is 5.87. The van der Waals surface area contributed by atoms with E-state index in [1.54, 1.807) is 6.08 Å². The van der Waals surface area contributed by atoms with E-state index in [9.17, 15) is 5.26 Å². The van der Waals surface area contributed by atoms with Gasteiger partial charge in [0.1, 0.15) is 17.2 Å². The van der Waals surface area contributed by atoms with E-state index in [0.717, 1.165) is 11.1 Å². The number of allylic oxidation sites excluding steroid dienone is 1. The van der Waals surface area contributed by atoms with E-state index in [1.807, 2.05) is 36.4 Å². The maximum Gasteiger partial charge on any atom is 0.238 e. The van der Waals surface area contributed by atoms with Gasteiger partial charge in [-0.2, -0.15) is 5.26 Å². The SMILES string of the molecule is CC(C)c1ccc(/C=C(/C#N)c2nc3ccccc3o2)cc1. The van der Waals surface area contributed by atoms with Gasteiger partial charge in [-0.15, -0.1) is 0 Å². The molecule has 0 spiro atoms. The Morgan fingerprint density at radius 1 is 1.14 bits per heavy atom. The van der Waals surface area contributed by atoms with Crippen molar-refractivity contribution in [3.63, 3.8) is 0 Å². The standard InChI is InChI=1S/C19H16N2O/c1-13(2)15-9-7-14(8-10-15)11-16(12-20)19-21-17-5-3-4-6-18(17)22-19/h3-11,13H,1-2H3/b16-11-. The molecule has 0 saturated carbocycles. The second-order valence-corrected chi connectivity index (χ2v) is 5.48. The van der Waals surface area contributed by atoms with Crippen molar-refractivity contribution in [3.8, 4) is 6.07 Å². The molecule has 2 aromatic carbocycles. The molecule has 0 aliphatic rings. The van der Waals surface area contributed by atoms with Crippen LogP contribution < -0.4 is 0 Å². The van der Waals surface area contributed by atoms with Crippen LogP contribution in [0.2, 0.25) is 0 Å². The van der Waals surface area contributed by atoms with Crippen molar-refractivity contribution < 1.29 is 4.42 Å². The highest BCUT2D eigenvalue weighted by molar-refractivity contribution is 5.88. The fourth-order valence-corrected chi connectivity index (χ4v) is 2.27. The lowest BCUT2D eigenvalue weighted by Crippen LogP contribution is -1.87. The first-order chi connectivity index (χ1) is 10.7. The molecule has 3 aromatic rings. The van der Waals surface area contributed by atoms with Crippen LogP contribution in [0.15, 0.2) is 52.9 Å². The maximum atomic E-state index is 9.39. The minimum Gasteiger partial charge on any atom is -0.435 e. The van der Waals surface area contributed by atoms with Gasteiger partial charge in [0.15, 0.2) is 5.58 Å². The van der Waals surface area contributed by atoms with Crippen LogP contribution in [0.25, 0.3) is 22.7 Å². The Bertz CT molecular complexity index is 831. The fraction of sp³-hybridized carbons (Fsp3) is 0.158. The Balaban J connectivity index is 1.97. The first-order valence-electron chi connectivity index (χ1n) is 7.25. The minimum absolute atomic E-state index is 0.358. The molecule has 108 valence electrons. The average molecular weight is 288 g/mol. The predicted octanol–water partition coefficient (Wildman–Crippen LogP) is 5.02. The van der Waals surface area contributed by atoms with Crippen molar-refractivity contribution in [1.82, 2.24) is 4.98 Å². The molecule has 22 heavy (non-hydrogen) atoms. The summed E-state index contributed by atoms with van der Waals surface area (Å²) in [6, 6.07) is 17.9. The quantitative estimate of drug-likeness (QED) is 0.636. The molecule has 3 rings (SSSR count). The number of nitriles is 1. The maximum absolute atomic E-state index is 9.39. The molecule has 3 heteroatoms. The summed E-state index contributed by atoms with van der Waals surface area (Å²) in [5.41, 5.74) is 4.11. The summed E-state index contributed by atoms with van der Waals surface area (Å²) in [6.45, 7) is 4.31. The number of nitrogens with zero attached hydrogens (tertiary/aromatic N) is 2. The number of benzene rings is 2. The van der Waals surface area contributed by atoms with Crippen molar-refractivity contribution in [2.75, 3.05) is 0 Å². The third-order valence-electron chi connectivity index (χ3n) is 3.56. The second-order valence-electron chi connectivity index (χ2n) is 5.48. The highest BCUT2D eigenvalue weighted by Gasteiger charge is 2.10. The van der Waals surface area contributed by atoms with E-state index in [-0.39, 0.29) is 0 Å². The number of aromatic nitrogens is 1. The largest absolute Gasteiger partial charge is 0.435 e. The van der Waals surface area contributed by atoms with E-state index in [1.165, 1.54) is 5.56 Å². The van der Waals surface area contributed by atoms with Crippen molar-refractivity contribution in [3.05, 3.63) is 65.5 Å². The van der Waals surface area contributed by atoms with E-state index >= 15 is 0 Å². The van der Waals surface area contributed by atoms with Crippen molar-refractivity contribution in [2.45, 2.75) is 19.8 Å². The predicted molar refractivity (Wildman–Crippen MR) is 88.0 cm³/mol. The molecule has 1 aromatic heterocycles. The van der Waals surface area contributed by atoms with Gasteiger partial charge in [0, 0.05) is 0 Å². The third kappa shape index (κ3) is 2.77. The van der Waals surface area contributed by atoms with Crippen LogP contribution >= 0.6 is 0 Å². The Kier molecular flexibility index (Phi) is 3.76. The van der Waals surface area contributed by atoms with Crippen molar-refractivity contribution >= 4 is 22.7 Å². The van der Waals surface area contributed by atoms with E-state index in [4.69, 9.17) is 4.42 Å². The summed E-state index contributed by atoms with van der Waals surface area (Å²) in [6.07, 6.45) is 1.80. The summed E-state index contributed by atoms with van der Waals surface area (Å²) in [5, 5.41) is 9.39. The lowest BCUT2D eigenvalue weighted by molar-refractivity contribution is 0.586. The lowest BCUT2D eigenvalue weighted by Gasteiger charge is -2.04. The van der Waals surface area contributed by atoms with Crippen molar-refractivity contribution in [2.24, 2.45) is 0 Å².